The summed E-state index contributed by atoms with van der Waals surface area (Å²) in [5.74, 6) is -0.258. The Kier molecular flexibility index (Phi) is 7.04. The molecule has 1 amide bonds. The zero-order valence-corrected chi connectivity index (χ0v) is 13.0. The second-order valence-corrected chi connectivity index (χ2v) is 5.12. The van der Waals surface area contributed by atoms with E-state index < -0.39 is 12.0 Å². The minimum Gasteiger partial charge on any atom is -0.491 e. The van der Waals surface area contributed by atoms with E-state index in [4.69, 9.17) is 15.1 Å². The largest absolute Gasteiger partial charge is 0.491 e. The van der Waals surface area contributed by atoms with Crippen LogP contribution < -0.4 is 10.2 Å². The molecule has 22 heavy (non-hydrogen) atoms. The number of amides is 1. The molecule has 0 aliphatic heterocycles. The van der Waals surface area contributed by atoms with Crippen molar-refractivity contribution in [2.45, 2.75) is 26.9 Å². The fourth-order valence-electron chi connectivity index (χ4n) is 2.05. The number of aliphatic hydroxyl groups excluding tert-OH is 2. The van der Waals surface area contributed by atoms with Crippen LogP contribution in [0.4, 0.5) is 0 Å². The number of hydroxylamine groups is 1. The quantitative estimate of drug-likeness (QED) is 0.348. The maximum absolute atomic E-state index is 11.4. The van der Waals surface area contributed by atoms with E-state index in [2.05, 4.69) is 0 Å². The van der Waals surface area contributed by atoms with Crippen LogP contribution in [0.15, 0.2) is 35.4 Å². The molecule has 0 aliphatic carbocycles. The lowest BCUT2D eigenvalue weighted by atomic mass is 9.88. The number of carbonyl (C=O) groups excluding carboxylic acids is 1. The van der Waals surface area contributed by atoms with Crippen molar-refractivity contribution in [2.24, 2.45) is 5.92 Å². The van der Waals surface area contributed by atoms with Crippen LogP contribution in [0, 0.1) is 5.92 Å². The van der Waals surface area contributed by atoms with Gasteiger partial charge in [-0.05, 0) is 31.5 Å². The van der Waals surface area contributed by atoms with Crippen LogP contribution in [0.5, 0.6) is 5.75 Å². The van der Waals surface area contributed by atoms with Gasteiger partial charge >= 0.3 is 0 Å². The standard InChI is InChI=1S/C16H23NO5/c1-10(12(3)16(20)17-21)11(2)15(19)13-4-6-14(7-5-13)22-9-8-18/h4-7,11,15,18-19,21H,8-9H2,1-3H3,(H,17,20)/b12-10+/t11-,15-/m1/s1. The monoisotopic (exact) mass is 309 g/mol. The third kappa shape index (κ3) is 4.56. The van der Waals surface area contributed by atoms with Crippen molar-refractivity contribution >= 4 is 5.91 Å². The predicted octanol–water partition coefficient (Wildman–Crippen LogP) is 1.57. The first kappa shape index (κ1) is 18.2. The first-order valence-electron chi connectivity index (χ1n) is 7.05. The first-order chi connectivity index (χ1) is 10.4. The highest BCUT2D eigenvalue weighted by molar-refractivity contribution is 5.92. The van der Waals surface area contributed by atoms with Gasteiger partial charge in [0, 0.05) is 11.5 Å². The van der Waals surface area contributed by atoms with Crippen molar-refractivity contribution in [3.63, 3.8) is 0 Å². The van der Waals surface area contributed by atoms with E-state index in [1.54, 1.807) is 43.6 Å². The van der Waals surface area contributed by atoms with Crippen LogP contribution in [0.25, 0.3) is 0 Å². The lowest BCUT2D eigenvalue weighted by Gasteiger charge is -2.22. The van der Waals surface area contributed by atoms with Crippen molar-refractivity contribution < 1.29 is 25.0 Å². The summed E-state index contributed by atoms with van der Waals surface area (Å²) in [6.45, 7) is 5.31. The van der Waals surface area contributed by atoms with Crippen LogP contribution in [0.1, 0.15) is 32.4 Å². The van der Waals surface area contributed by atoms with Crippen LogP contribution >= 0.6 is 0 Å². The van der Waals surface area contributed by atoms with Crippen molar-refractivity contribution in [1.82, 2.24) is 5.48 Å². The van der Waals surface area contributed by atoms with Crippen LogP contribution in [-0.2, 0) is 4.79 Å². The number of hydrogen-bond donors (Lipinski definition) is 4. The second-order valence-electron chi connectivity index (χ2n) is 5.12. The summed E-state index contributed by atoms with van der Waals surface area (Å²) in [5, 5.41) is 27.8. The Labute approximate surface area is 130 Å². The van der Waals surface area contributed by atoms with E-state index in [0.717, 1.165) is 0 Å². The summed E-state index contributed by atoms with van der Waals surface area (Å²) in [5.41, 5.74) is 3.35. The lowest BCUT2D eigenvalue weighted by Crippen LogP contribution is -2.22. The van der Waals surface area contributed by atoms with Crippen LogP contribution in [0.3, 0.4) is 0 Å². The Morgan fingerprint density at radius 1 is 1.27 bits per heavy atom. The molecule has 0 unspecified atom stereocenters. The Morgan fingerprint density at radius 2 is 1.86 bits per heavy atom. The molecular formula is C16H23NO5. The maximum atomic E-state index is 11.4. The second kappa shape index (κ2) is 8.53. The molecule has 0 heterocycles. The summed E-state index contributed by atoms with van der Waals surface area (Å²) in [4.78, 5) is 11.4. The zero-order valence-electron chi connectivity index (χ0n) is 13.0. The zero-order chi connectivity index (χ0) is 16.7. The van der Waals surface area contributed by atoms with Crippen molar-refractivity contribution in [1.29, 1.82) is 0 Å². The average molecular weight is 309 g/mol. The molecule has 0 bridgehead atoms. The average Bonchev–Trinajstić information content (AvgIpc) is 2.56. The third-order valence-electron chi connectivity index (χ3n) is 3.77. The number of rotatable bonds is 7. The van der Waals surface area contributed by atoms with E-state index in [1.807, 2.05) is 6.92 Å². The molecule has 122 valence electrons. The highest BCUT2D eigenvalue weighted by atomic mass is 16.5. The fraction of sp³-hybridized carbons (Fsp3) is 0.438. The topological polar surface area (TPSA) is 99.0 Å². The van der Waals surface area contributed by atoms with Gasteiger partial charge in [0.05, 0.1) is 12.7 Å². The maximum Gasteiger partial charge on any atom is 0.270 e. The molecule has 0 aromatic heterocycles. The molecule has 0 fully saturated rings. The van der Waals surface area contributed by atoms with E-state index in [9.17, 15) is 9.90 Å². The number of ether oxygens (including phenoxy) is 1. The first-order valence-corrected chi connectivity index (χ1v) is 7.05. The van der Waals surface area contributed by atoms with Gasteiger partial charge in [0.1, 0.15) is 12.4 Å². The van der Waals surface area contributed by atoms with E-state index >= 15 is 0 Å². The van der Waals surface area contributed by atoms with Gasteiger partial charge in [0.25, 0.3) is 5.91 Å². The number of benzene rings is 1. The molecule has 6 nitrogen and oxygen atoms in total. The molecule has 4 N–H and O–H groups in total. The summed E-state index contributed by atoms with van der Waals surface area (Å²) in [6, 6.07) is 6.91. The minimum absolute atomic E-state index is 0.0579. The highest BCUT2D eigenvalue weighted by Crippen LogP contribution is 2.30. The van der Waals surface area contributed by atoms with Crippen molar-refractivity contribution in [3.8, 4) is 5.75 Å². The normalized spacial score (nSPS) is 14.8. The molecule has 1 rings (SSSR count). The number of hydrogen-bond acceptors (Lipinski definition) is 5. The number of nitrogens with one attached hydrogen (secondary N) is 1. The lowest BCUT2D eigenvalue weighted by molar-refractivity contribution is -0.125. The van der Waals surface area contributed by atoms with Gasteiger partial charge < -0.3 is 14.9 Å². The summed E-state index contributed by atoms with van der Waals surface area (Å²) in [6.07, 6.45) is -0.784. The van der Waals surface area contributed by atoms with Gasteiger partial charge in [0.15, 0.2) is 0 Å². The van der Waals surface area contributed by atoms with Gasteiger partial charge in [-0.15, -0.1) is 0 Å². The van der Waals surface area contributed by atoms with Gasteiger partial charge in [-0.25, -0.2) is 5.48 Å². The molecule has 6 heteroatoms. The minimum atomic E-state index is -0.784. The third-order valence-corrected chi connectivity index (χ3v) is 3.77. The van der Waals surface area contributed by atoms with Gasteiger partial charge in [-0.2, -0.15) is 0 Å². The Balaban J connectivity index is 2.86. The van der Waals surface area contributed by atoms with Crippen LogP contribution in [-0.4, -0.2) is 34.5 Å². The molecule has 0 saturated heterocycles. The fourth-order valence-corrected chi connectivity index (χ4v) is 2.05. The van der Waals surface area contributed by atoms with Gasteiger partial charge in [-0.3, -0.25) is 10.0 Å². The summed E-state index contributed by atoms with van der Waals surface area (Å²) < 4.78 is 5.26. The smallest absolute Gasteiger partial charge is 0.270 e. The Morgan fingerprint density at radius 3 is 2.36 bits per heavy atom. The Bertz CT molecular complexity index is 524. The van der Waals surface area contributed by atoms with Gasteiger partial charge in [-0.1, -0.05) is 24.6 Å². The van der Waals surface area contributed by atoms with Crippen LogP contribution in [0.2, 0.25) is 0 Å². The molecule has 1 aromatic carbocycles. The molecule has 0 radical (unpaired) electrons. The number of aliphatic hydroxyl groups is 2. The molecule has 0 aliphatic rings. The molecule has 1 aromatic rings. The van der Waals surface area contributed by atoms with E-state index in [-0.39, 0.29) is 19.1 Å². The van der Waals surface area contributed by atoms with Crippen molar-refractivity contribution in [3.05, 3.63) is 41.0 Å². The molecular weight excluding hydrogens is 286 g/mol. The predicted molar refractivity (Wildman–Crippen MR) is 81.4 cm³/mol. The van der Waals surface area contributed by atoms with Gasteiger partial charge in [0.2, 0.25) is 0 Å². The van der Waals surface area contributed by atoms with Crippen molar-refractivity contribution in [2.75, 3.05) is 13.2 Å². The Hall–Kier alpha value is -1.89. The van der Waals surface area contributed by atoms with E-state index in [0.29, 0.717) is 22.5 Å². The molecule has 0 spiro atoms. The van der Waals surface area contributed by atoms with E-state index in [1.165, 1.54) is 0 Å². The number of carbonyl (C=O) groups is 1. The SMILES string of the molecule is C/C(C(=O)NO)=C(/C)[C@@H](C)[C@@H](O)c1ccc(OCCO)cc1. The summed E-state index contributed by atoms with van der Waals surface area (Å²) in [7, 11) is 0. The molecule has 2 atom stereocenters. The summed E-state index contributed by atoms with van der Waals surface area (Å²) >= 11 is 0. The highest BCUT2D eigenvalue weighted by Gasteiger charge is 2.21. The molecule has 0 saturated carbocycles.